The number of aromatic nitrogens is 3. The van der Waals surface area contributed by atoms with Gasteiger partial charge in [-0.3, -0.25) is 9.89 Å². The highest BCUT2D eigenvalue weighted by Crippen LogP contribution is 2.25. The number of amides is 1. The van der Waals surface area contributed by atoms with E-state index >= 15 is 0 Å². The second-order valence-corrected chi connectivity index (χ2v) is 7.86. The average Bonchev–Trinajstić information content (AvgIpc) is 3.35. The van der Waals surface area contributed by atoms with Crippen LogP contribution in [0.25, 0.3) is 0 Å². The first-order valence-electron chi connectivity index (χ1n) is 9.00. The van der Waals surface area contributed by atoms with E-state index in [1.54, 1.807) is 24.3 Å². The van der Waals surface area contributed by atoms with Gasteiger partial charge in [0.05, 0.1) is 5.75 Å². The molecule has 1 heterocycles. The standard InChI is InChI=1S/C20H19ClN4O2S/c21-15-5-8-17(9-6-15)27-11-18-23-20(25-24-18)28-12-19(26)22-16-7-4-13-2-1-3-14(13)10-16/h4-10H,1-3,11-12H2,(H,22,26)(H,23,24,25). The van der Waals surface area contributed by atoms with Gasteiger partial charge < -0.3 is 10.1 Å². The van der Waals surface area contributed by atoms with E-state index in [9.17, 15) is 4.79 Å². The number of aryl methyl sites for hydroxylation is 2. The van der Waals surface area contributed by atoms with Gasteiger partial charge >= 0.3 is 0 Å². The van der Waals surface area contributed by atoms with Crippen LogP contribution in [0.3, 0.4) is 0 Å². The molecular weight excluding hydrogens is 396 g/mol. The van der Waals surface area contributed by atoms with Gasteiger partial charge in [0.15, 0.2) is 5.82 Å². The quantitative estimate of drug-likeness (QED) is 0.565. The third kappa shape index (κ3) is 4.85. The topological polar surface area (TPSA) is 79.9 Å². The van der Waals surface area contributed by atoms with Gasteiger partial charge in [0.25, 0.3) is 0 Å². The van der Waals surface area contributed by atoms with Crippen LogP contribution >= 0.6 is 23.4 Å². The molecule has 8 heteroatoms. The lowest BCUT2D eigenvalue weighted by Crippen LogP contribution is -2.14. The van der Waals surface area contributed by atoms with E-state index < -0.39 is 0 Å². The molecule has 0 unspecified atom stereocenters. The maximum atomic E-state index is 12.2. The molecule has 0 fully saturated rings. The third-order valence-corrected chi connectivity index (χ3v) is 5.51. The normalized spacial score (nSPS) is 12.6. The highest BCUT2D eigenvalue weighted by molar-refractivity contribution is 7.99. The highest BCUT2D eigenvalue weighted by atomic mass is 35.5. The number of nitrogens with zero attached hydrogens (tertiary/aromatic N) is 2. The Labute approximate surface area is 172 Å². The second kappa shape index (κ2) is 8.67. The van der Waals surface area contributed by atoms with E-state index in [0.717, 1.165) is 18.5 Å². The van der Waals surface area contributed by atoms with Crippen molar-refractivity contribution in [3.05, 3.63) is 64.4 Å². The Morgan fingerprint density at radius 2 is 2.00 bits per heavy atom. The SMILES string of the molecule is O=C(CSc1n[nH]c(COc2ccc(Cl)cc2)n1)Nc1ccc2c(c1)CCC2. The Bertz CT molecular complexity index is 975. The highest BCUT2D eigenvalue weighted by Gasteiger charge is 2.13. The number of hydrogen-bond acceptors (Lipinski definition) is 5. The van der Waals surface area contributed by atoms with Crippen molar-refractivity contribution < 1.29 is 9.53 Å². The Morgan fingerprint density at radius 3 is 2.86 bits per heavy atom. The minimum absolute atomic E-state index is 0.0771. The number of fused-ring (bicyclic) bond motifs is 1. The zero-order valence-corrected chi connectivity index (χ0v) is 16.6. The monoisotopic (exact) mass is 414 g/mol. The summed E-state index contributed by atoms with van der Waals surface area (Å²) in [7, 11) is 0. The van der Waals surface area contributed by atoms with E-state index in [0.29, 0.717) is 21.8 Å². The number of benzene rings is 2. The van der Waals surface area contributed by atoms with Crippen molar-refractivity contribution in [3.8, 4) is 5.75 Å². The summed E-state index contributed by atoms with van der Waals surface area (Å²) in [6, 6.07) is 13.2. The number of thioether (sulfide) groups is 1. The molecule has 0 radical (unpaired) electrons. The van der Waals surface area contributed by atoms with Crippen molar-refractivity contribution in [2.75, 3.05) is 11.1 Å². The van der Waals surface area contributed by atoms with E-state index in [1.165, 1.54) is 29.3 Å². The van der Waals surface area contributed by atoms with Crippen molar-refractivity contribution in [1.29, 1.82) is 0 Å². The molecule has 3 aromatic rings. The van der Waals surface area contributed by atoms with Crippen molar-refractivity contribution in [1.82, 2.24) is 15.2 Å². The summed E-state index contributed by atoms with van der Waals surface area (Å²) in [5, 5.41) is 11.0. The van der Waals surface area contributed by atoms with Crippen LogP contribution in [0, 0.1) is 0 Å². The lowest BCUT2D eigenvalue weighted by molar-refractivity contribution is -0.113. The first kappa shape index (κ1) is 18.8. The largest absolute Gasteiger partial charge is 0.486 e. The molecule has 0 atom stereocenters. The average molecular weight is 415 g/mol. The Balaban J connectivity index is 1.24. The fourth-order valence-electron chi connectivity index (χ4n) is 3.07. The molecule has 0 saturated carbocycles. The lowest BCUT2D eigenvalue weighted by atomic mass is 10.1. The number of aromatic amines is 1. The predicted octanol–water partition coefficient (Wildman–Crippen LogP) is 4.26. The van der Waals surface area contributed by atoms with E-state index in [4.69, 9.17) is 16.3 Å². The Kier molecular flexibility index (Phi) is 5.83. The molecule has 1 aliphatic rings. The number of anilines is 1. The van der Waals surface area contributed by atoms with Crippen molar-refractivity contribution in [3.63, 3.8) is 0 Å². The molecule has 1 aliphatic carbocycles. The molecular formula is C20H19ClN4O2S. The molecule has 2 aromatic carbocycles. The first-order chi connectivity index (χ1) is 13.7. The number of rotatable bonds is 7. The maximum absolute atomic E-state index is 12.2. The fourth-order valence-corrected chi connectivity index (χ4v) is 3.81. The maximum Gasteiger partial charge on any atom is 0.234 e. The summed E-state index contributed by atoms with van der Waals surface area (Å²) in [6.07, 6.45) is 3.41. The first-order valence-corrected chi connectivity index (χ1v) is 10.4. The molecule has 4 rings (SSSR count). The molecule has 0 aliphatic heterocycles. The van der Waals surface area contributed by atoms with Crippen LogP contribution in [0.5, 0.6) is 5.75 Å². The molecule has 0 bridgehead atoms. The number of carbonyl (C=O) groups is 1. The minimum Gasteiger partial charge on any atom is -0.486 e. The van der Waals surface area contributed by atoms with Gasteiger partial charge in [-0.05, 0) is 66.8 Å². The molecule has 0 spiro atoms. The molecule has 6 nitrogen and oxygen atoms in total. The summed E-state index contributed by atoms with van der Waals surface area (Å²) in [6.45, 7) is 0.260. The van der Waals surface area contributed by atoms with Crippen molar-refractivity contribution in [2.45, 2.75) is 31.0 Å². The number of H-pyrrole nitrogens is 1. The van der Waals surface area contributed by atoms with Crippen LogP contribution in [0.15, 0.2) is 47.6 Å². The summed E-state index contributed by atoms with van der Waals surface area (Å²) in [4.78, 5) is 16.5. The van der Waals surface area contributed by atoms with Gasteiger partial charge in [-0.15, -0.1) is 5.10 Å². The smallest absolute Gasteiger partial charge is 0.234 e. The van der Waals surface area contributed by atoms with Gasteiger partial charge in [0, 0.05) is 10.7 Å². The van der Waals surface area contributed by atoms with Crippen LogP contribution in [-0.2, 0) is 24.2 Å². The van der Waals surface area contributed by atoms with Crippen LogP contribution in [0.2, 0.25) is 5.02 Å². The van der Waals surface area contributed by atoms with Crippen LogP contribution in [0.1, 0.15) is 23.4 Å². The van der Waals surface area contributed by atoms with E-state index in [1.807, 2.05) is 6.07 Å². The lowest BCUT2D eigenvalue weighted by Gasteiger charge is -2.06. The van der Waals surface area contributed by atoms with Gasteiger partial charge in [0.1, 0.15) is 12.4 Å². The zero-order valence-electron chi connectivity index (χ0n) is 15.1. The predicted molar refractivity (Wildman–Crippen MR) is 110 cm³/mol. The van der Waals surface area contributed by atoms with Crippen LogP contribution in [-0.4, -0.2) is 26.8 Å². The van der Waals surface area contributed by atoms with Crippen LogP contribution in [0.4, 0.5) is 5.69 Å². The fraction of sp³-hybridized carbons (Fsp3) is 0.250. The van der Waals surface area contributed by atoms with Crippen LogP contribution < -0.4 is 10.1 Å². The Hall–Kier alpha value is -2.51. The molecule has 144 valence electrons. The summed E-state index contributed by atoms with van der Waals surface area (Å²) >= 11 is 7.13. The molecule has 2 N–H and O–H groups in total. The van der Waals surface area contributed by atoms with E-state index in [-0.39, 0.29) is 18.3 Å². The van der Waals surface area contributed by atoms with Gasteiger partial charge in [-0.2, -0.15) is 0 Å². The molecule has 28 heavy (non-hydrogen) atoms. The van der Waals surface area contributed by atoms with E-state index in [2.05, 4.69) is 32.6 Å². The number of nitrogens with one attached hydrogen (secondary N) is 2. The minimum atomic E-state index is -0.0771. The summed E-state index contributed by atoms with van der Waals surface area (Å²) < 4.78 is 5.62. The van der Waals surface area contributed by atoms with Gasteiger partial charge in [-0.25, -0.2) is 4.98 Å². The second-order valence-electron chi connectivity index (χ2n) is 6.48. The van der Waals surface area contributed by atoms with Crippen molar-refractivity contribution >= 4 is 35.0 Å². The number of carbonyl (C=O) groups excluding carboxylic acids is 1. The van der Waals surface area contributed by atoms with Gasteiger partial charge in [0.2, 0.25) is 11.1 Å². The summed E-state index contributed by atoms with van der Waals surface area (Å²) in [5.74, 6) is 1.46. The third-order valence-electron chi connectivity index (χ3n) is 4.42. The molecule has 1 amide bonds. The zero-order chi connectivity index (χ0) is 19.3. The van der Waals surface area contributed by atoms with Crippen molar-refractivity contribution in [2.24, 2.45) is 0 Å². The molecule has 0 saturated heterocycles. The number of hydrogen-bond donors (Lipinski definition) is 2. The van der Waals surface area contributed by atoms with Gasteiger partial charge in [-0.1, -0.05) is 29.4 Å². The Morgan fingerprint density at radius 1 is 1.18 bits per heavy atom. The number of halogens is 1. The number of ether oxygens (including phenoxy) is 1. The molecule has 1 aromatic heterocycles. The summed E-state index contributed by atoms with van der Waals surface area (Å²) in [5.41, 5.74) is 3.57.